The molecule has 1 fully saturated rings. The Balaban J connectivity index is 2.25. The van der Waals surface area contributed by atoms with Crippen LogP contribution in [-0.2, 0) is 25.7 Å². The van der Waals surface area contributed by atoms with Gasteiger partial charge in [-0.1, -0.05) is 0 Å². The van der Waals surface area contributed by atoms with Gasteiger partial charge in [0, 0.05) is 11.6 Å². The SMILES string of the molecule is CCOC(=O)[C@@H]1[C@H](C(C)=O)C(=O)N1Cc1ccc(OC)cc1OC. The van der Waals surface area contributed by atoms with Gasteiger partial charge in [-0.3, -0.25) is 9.59 Å². The van der Waals surface area contributed by atoms with Gasteiger partial charge in [-0.15, -0.1) is 0 Å². The van der Waals surface area contributed by atoms with Gasteiger partial charge >= 0.3 is 5.97 Å². The zero-order valence-corrected chi connectivity index (χ0v) is 14.2. The first kappa shape index (κ1) is 17.8. The summed E-state index contributed by atoms with van der Waals surface area (Å²) in [5, 5.41) is 0. The summed E-state index contributed by atoms with van der Waals surface area (Å²) < 4.78 is 15.4. The highest BCUT2D eigenvalue weighted by Gasteiger charge is 2.54. The first-order chi connectivity index (χ1) is 11.4. The number of benzene rings is 1. The smallest absolute Gasteiger partial charge is 0.330 e. The van der Waals surface area contributed by atoms with Gasteiger partial charge in [-0.25, -0.2) is 4.79 Å². The Morgan fingerprint density at radius 1 is 1.21 bits per heavy atom. The van der Waals surface area contributed by atoms with Gasteiger partial charge in [0.1, 0.15) is 29.2 Å². The summed E-state index contributed by atoms with van der Waals surface area (Å²) in [4.78, 5) is 37.4. The number of carbonyl (C=O) groups is 3. The number of methoxy groups -OCH3 is 2. The fourth-order valence-electron chi connectivity index (χ4n) is 2.78. The van der Waals surface area contributed by atoms with Crippen LogP contribution in [0.1, 0.15) is 19.4 Å². The van der Waals surface area contributed by atoms with E-state index in [1.54, 1.807) is 32.2 Å². The lowest BCUT2D eigenvalue weighted by atomic mass is 9.83. The van der Waals surface area contributed by atoms with Crippen LogP contribution in [0.15, 0.2) is 18.2 Å². The summed E-state index contributed by atoms with van der Waals surface area (Å²) in [6.07, 6.45) is 0. The molecule has 1 aliphatic rings. The zero-order chi connectivity index (χ0) is 17.9. The Kier molecular flexibility index (Phi) is 5.43. The van der Waals surface area contributed by atoms with Crippen molar-refractivity contribution in [2.45, 2.75) is 26.4 Å². The van der Waals surface area contributed by atoms with Crippen molar-refractivity contribution in [2.24, 2.45) is 5.92 Å². The van der Waals surface area contributed by atoms with Crippen molar-refractivity contribution in [1.29, 1.82) is 0 Å². The molecule has 1 aliphatic heterocycles. The summed E-state index contributed by atoms with van der Waals surface area (Å²) >= 11 is 0. The third kappa shape index (κ3) is 3.20. The maximum absolute atomic E-state index is 12.3. The summed E-state index contributed by atoms with van der Waals surface area (Å²) in [7, 11) is 3.05. The number of amides is 1. The van der Waals surface area contributed by atoms with E-state index in [4.69, 9.17) is 14.2 Å². The van der Waals surface area contributed by atoms with E-state index in [1.165, 1.54) is 18.9 Å². The number of nitrogens with zero attached hydrogens (tertiary/aromatic N) is 1. The zero-order valence-electron chi connectivity index (χ0n) is 14.2. The molecule has 2 rings (SSSR count). The average Bonchev–Trinajstić information content (AvgIpc) is 2.56. The maximum atomic E-state index is 12.3. The van der Waals surface area contributed by atoms with Crippen molar-refractivity contribution >= 4 is 17.7 Å². The number of likely N-dealkylation sites (tertiary alicyclic amines) is 1. The van der Waals surface area contributed by atoms with E-state index in [0.717, 1.165) is 0 Å². The second-order valence-corrected chi connectivity index (χ2v) is 5.43. The van der Waals surface area contributed by atoms with Gasteiger partial charge in [0.25, 0.3) is 0 Å². The molecule has 0 aromatic heterocycles. The lowest BCUT2D eigenvalue weighted by Gasteiger charge is -2.44. The summed E-state index contributed by atoms with van der Waals surface area (Å²) in [6.45, 7) is 3.32. The third-order valence-corrected chi connectivity index (χ3v) is 4.00. The van der Waals surface area contributed by atoms with Crippen molar-refractivity contribution in [3.05, 3.63) is 23.8 Å². The van der Waals surface area contributed by atoms with Gasteiger partial charge in [-0.2, -0.15) is 0 Å². The van der Waals surface area contributed by atoms with Gasteiger partial charge in [0.15, 0.2) is 0 Å². The van der Waals surface area contributed by atoms with Crippen LogP contribution in [0.4, 0.5) is 0 Å². The van der Waals surface area contributed by atoms with Crippen molar-refractivity contribution in [1.82, 2.24) is 4.90 Å². The van der Waals surface area contributed by atoms with Gasteiger partial charge in [0.05, 0.1) is 27.4 Å². The van der Waals surface area contributed by atoms with Crippen molar-refractivity contribution in [3.63, 3.8) is 0 Å². The van der Waals surface area contributed by atoms with E-state index in [2.05, 4.69) is 0 Å². The molecular formula is C17H21NO6. The molecule has 0 saturated carbocycles. The monoisotopic (exact) mass is 335 g/mol. The van der Waals surface area contributed by atoms with Crippen molar-refractivity contribution < 1.29 is 28.6 Å². The Morgan fingerprint density at radius 3 is 2.46 bits per heavy atom. The van der Waals surface area contributed by atoms with Crippen LogP contribution in [0.5, 0.6) is 11.5 Å². The summed E-state index contributed by atoms with van der Waals surface area (Å²) in [5.74, 6) is -1.09. The summed E-state index contributed by atoms with van der Waals surface area (Å²) in [5.41, 5.74) is 0.711. The Hall–Kier alpha value is -2.57. The van der Waals surface area contributed by atoms with Crippen LogP contribution in [0.25, 0.3) is 0 Å². The molecule has 0 N–H and O–H groups in total. The van der Waals surface area contributed by atoms with E-state index in [1.807, 2.05) is 0 Å². The Bertz CT molecular complexity index is 656. The van der Waals surface area contributed by atoms with Crippen LogP contribution < -0.4 is 9.47 Å². The number of hydrogen-bond acceptors (Lipinski definition) is 6. The van der Waals surface area contributed by atoms with Crippen LogP contribution in [0.2, 0.25) is 0 Å². The van der Waals surface area contributed by atoms with Crippen LogP contribution >= 0.6 is 0 Å². The molecule has 24 heavy (non-hydrogen) atoms. The summed E-state index contributed by atoms with van der Waals surface area (Å²) in [6, 6.07) is 4.31. The molecule has 2 atom stereocenters. The second kappa shape index (κ2) is 7.33. The van der Waals surface area contributed by atoms with Gasteiger partial charge < -0.3 is 19.1 Å². The minimum Gasteiger partial charge on any atom is -0.497 e. The molecule has 0 aliphatic carbocycles. The highest BCUT2D eigenvalue weighted by atomic mass is 16.5. The lowest BCUT2D eigenvalue weighted by Crippen LogP contribution is -2.66. The largest absolute Gasteiger partial charge is 0.497 e. The number of Topliss-reactive ketones (excluding diaryl/α,β-unsaturated/α-hetero) is 1. The topological polar surface area (TPSA) is 82.1 Å². The number of rotatable bonds is 7. The Morgan fingerprint density at radius 2 is 1.92 bits per heavy atom. The number of carbonyl (C=O) groups excluding carboxylic acids is 3. The molecule has 0 spiro atoms. The fourth-order valence-corrected chi connectivity index (χ4v) is 2.78. The molecule has 7 nitrogen and oxygen atoms in total. The van der Waals surface area contributed by atoms with E-state index in [-0.39, 0.29) is 24.8 Å². The van der Waals surface area contributed by atoms with Crippen LogP contribution in [-0.4, -0.2) is 49.4 Å². The second-order valence-electron chi connectivity index (χ2n) is 5.43. The molecule has 130 valence electrons. The van der Waals surface area contributed by atoms with Crippen LogP contribution in [0.3, 0.4) is 0 Å². The maximum Gasteiger partial charge on any atom is 0.330 e. The molecule has 1 aromatic rings. The molecule has 0 radical (unpaired) electrons. The molecule has 1 aromatic carbocycles. The number of ketones is 1. The van der Waals surface area contributed by atoms with E-state index >= 15 is 0 Å². The minimum atomic E-state index is -0.965. The molecule has 0 unspecified atom stereocenters. The highest BCUT2D eigenvalue weighted by molar-refractivity contribution is 6.11. The molecule has 1 amide bonds. The van der Waals surface area contributed by atoms with Crippen LogP contribution in [0, 0.1) is 5.92 Å². The van der Waals surface area contributed by atoms with Crippen molar-refractivity contribution in [2.75, 3.05) is 20.8 Å². The molecule has 1 heterocycles. The molecule has 0 bridgehead atoms. The normalized spacial score (nSPS) is 19.5. The van der Waals surface area contributed by atoms with Gasteiger partial charge in [-0.05, 0) is 26.0 Å². The average molecular weight is 335 g/mol. The predicted molar refractivity (Wildman–Crippen MR) is 84.7 cm³/mol. The molecule has 1 saturated heterocycles. The minimum absolute atomic E-state index is 0.152. The van der Waals surface area contributed by atoms with E-state index in [0.29, 0.717) is 17.1 Å². The number of hydrogen-bond donors (Lipinski definition) is 0. The first-order valence-corrected chi connectivity index (χ1v) is 7.63. The predicted octanol–water partition coefficient (Wildman–Crippen LogP) is 1.18. The fraction of sp³-hybridized carbons (Fsp3) is 0.471. The lowest BCUT2D eigenvalue weighted by molar-refractivity contribution is -0.177. The van der Waals surface area contributed by atoms with E-state index < -0.39 is 17.9 Å². The Labute approximate surface area is 140 Å². The van der Waals surface area contributed by atoms with Crippen molar-refractivity contribution in [3.8, 4) is 11.5 Å². The first-order valence-electron chi connectivity index (χ1n) is 7.63. The third-order valence-electron chi connectivity index (χ3n) is 4.00. The highest BCUT2D eigenvalue weighted by Crippen LogP contribution is 2.33. The molecular weight excluding hydrogens is 314 g/mol. The number of esters is 1. The standard InChI is InChI=1S/C17H21NO6/c1-5-24-17(21)15-14(10(2)19)16(20)18(15)9-11-6-7-12(22-3)8-13(11)23-4/h6-8,14-15H,5,9H2,1-4H3/t14-,15-/m0/s1. The molecule has 7 heteroatoms. The van der Waals surface area contributed by atoms with Gasteiger partial charge in [0.2, 0.25) is 5.91 Å². The number of β-lactam (4-membered cyclic amide) rings is 1. The number of ether oxygens (including phenoxy) is 3. The quantitative estimate of drug-likeness (QED) is 0.423. The van der Waals surface area contributed by atoms with E-state index in [9.17, 15) is 14.4 Å².